The van der Waals surface area contributed by atoms with E-state index in [2.05, 4.69) is 4.37 Å². The van der Waals surface area contributed by atoms with Crippen LogP contribution in [0.25, 0.3) is 0 Å². The van der Waals surface area contributed by atoms with Crippen molar-refractivity contribution < 1.29 is 9.90 Å². The first-order valence-corrected chi connectivity index (χ1v) is 6.85. The Morgan fingerprint density at radius 1 is 1.37 bits per heavy atom. The molecule has 0 unspecified atom stereocenters. The zero-order chi connectivity index (χ0) is 13.7. The van der Waals surface area contributed by atoms with Gasteiger partial charge in [0.25, 0.3) is 5.91 Å². The third-order valence-corrected chi connectivity index (χ3v) is 3.41. The molecule has 0 aliphatic carbocycles. The molecular formula is C14H16N2O2S. The summed E-state index contributed by atoms with van der Waals surface area (Å²) >= 11 is 1.31. The van der Waals surface area contributed by atoms with Crippen molar-refractivity contribution >= 4 is 17.4 Å². The molecule has 0 aliphatic rings. The average molecular weight is 276 g/mol. The largest absolute Gasteiger partial charge is 0.395 e. The normalized spacial score (nSPS) is 10.4. The highest BCUT2D eigenvalue weighted by molar-refractivity contribution is 7.05. The number of nitrogens with zero attached hydrogens (tertiary/aromatic N) is 2. The Morgan fingerprint density at radius 3 is 2.68 bits per heavy atom. The van der Waals surface area contributed by atoms with Crippen LogP contribution in [-0.4, -0.2) is 33.4 Å². The SMILES string of the molecule is Cc1cc(C(=O)N(CCO)Cc2ccccc2)ns1. The van der Waals surface area contributed by atoms with Gasteiger partial charge >= 0.3 is 0 Å². The van der Waals surface area contributed by atoms with Crippen LogP contribution in [0.4, 0.5) is 0 Å². The maximum atomic E-state index is 12.3. The van der Waals surface area contributed by atoms with E-state index in [9.17, 15) is 4.79 Å². The molecule has 19 heavy (non-hydrogen) atoms. The van der Waals surface area contributed by atoms with Crippen LogP contribution in [0, 0.1) is 6.92 Å². The summed E-state index contributed by atoms with van der Waals surface area (Å²) in [5.74, 6) is -0.137. The first-order chi connectivity index (χ1) is 9.20. The molecule has 0 atom stereocenters. The first kappa shape index (κ1) is 13.7. The fourth-order valence-corrected chi connectivity index (χ4v) is 2.34. The Balaban J connectivity index is 2.13. The number of amides is 1. The minimum atomic E-state index is -0.137. The van der Waals surface area contributed by atoms with Gasteiger partial charge in [0.15, 0.2) is 0 Å². The molecule has 1 amide bonds. The maximum Gasteiger partial charge on any atom is 0.273 e. The zero-order valence-electron chi connectivity index (χ0n) is 10.7. The Kier molecular flexibility index (Phi) is 4.65. The maximum absolute atomic E-state index is 12.3. The van der Waals surface area contributed by atoms with Gasteiger partial charge < -0.3 is 10.0 Å². The number of carbonyl (C=O) groups is 1. The van der Waals surface area contributed by atoms with Crippen LogP contribution in [0.1, 0.15) is 20.9 Å². The summed E-state index contributed by atoms with van der Waals surface area (Å²) in [6.07, 6.45) is 0. The molecule has 0 bridgehead atoms. The van der Waals surface area contributed by atoms with E-state index in [1.807, 2.05) is 37.3 Å². The second-order valence-electron chi connectivity index (χ2n) is 4.26. The molecule has 4 nitrogen and oxygen atoms in total. The minimum absolute atomic E-state index is 0.0539. The summed E-state index contributed by atoms with van der Waals surface area (Å²) in [5, 5.41) is 9.10. The van der Waals surface area contributed by atoms with Crippen molar-refractivity contribution in [3.63, 3.8) is 0 Å². The number of hydrogen-bond acceptors (Lipinski definition) is 4. The second kappa shape index (κ2) is 6.45. The van der Waals surface area contributed by atoms with Gasteiger partial charge in [-0.25, -0.2) is 0 Å². The highest BCUT2D eigenvalue weighted by Gasteiger charge is 2.18. The van der Waals surface area contributed by atoms with Gasteiger partial charge in [-0.3, -0.25) is 4.79 Å². The molecule has 0 spiro atoms. The topological polar surface area (TPSA) is 53.4 Å². The Bertz CT molecular complexity index is 539. The molecular weight excluding hydrogens is 260 g/mol. The van der Waals surface area contributed by atoms with Crippen molar-refractivity contribution in [1.82, 2.24) is 9.27 Å². The van der Waals surface area contributed by atoms with Crippen LogP contribution < -0.4 is 0 Å². The van der Waals surface area contributed by atoms with E-state index in [-0.39, 0.29) is 12.5 Å². The van der Waals surface area contributed by atoms with Crippen LogP contribution in [0.5, 0.6) is 0 Å². The molecule has 0 saturated heterocycles. The molecule has 1 N–H and O–H groups in total. The molecule has 1 heterocycles. The first-order valence-electron chi connectivity index (χ1n) is 6.08. The van der Waals surface area contributed by atoms with Crippen molar-refractivity contribution in [2.24, 2.45) is 0 Å². The molecule has 0 fully saturated rings. The summed E-state index contributed by atoms with van der Waals surface area (Å²) < 4.78 is 4.13. The number of aliphatic hydroxyl groups excluding tert-OH is 1. The van der Waals surface area contributed by atoms with Gasteiger partial charge in [-0.15, -0.1) is 0 Å². The third-order valence-electron chi connectivity index (χ3n) is 2.72. The van der Waals surface area contributed by atoms with Crippen molar-refractivity contribution in [3.8, 4) is 0 Å². The van der Waals surface area contributed by atoms with Gasteiger partial charge in [0.2, 0.25) is 0 Å². The summed E-state index contributed by atoms with van der Waals surface area (Å²) in [6.45, 7) is 2.66. The number of rotatable bonds is 5. The van der Waals surface area contributed by atoms with E-state index in [1.165, 1.54) is 11.5 Å². The lowest BCUT2D eigenvalue weighted by atomic mass is 10.2. The van der Waals surface area contributed by atoms with Crippen molar-refractivity contribution in [1.29, 1.82) is 0 Å². The predicted molar refractivity (Wildman–Crippen MR) is 75.1 cm³/mol. The van der Waals surface area contributed by atoms with Gasteiger partial charge in [-0.05, 0) is 30.1 Å². The number of aromatic nitrogens is 1. The van der Waals surface area contributed by atoms with Gasteiger partial charge in [-0.2, -0.15) is 4.37 Å². The summed E-state index contributed by atoms with van der Waals surface area (Å²) in [5.41, 5.74) is 1.49. The van der Waals surface area contributed by atoms with E-state index < -0.39 is 0 Å². The summed E-state index contributed by atoms with van der Waals surface area (Å²) in [6, 6.07) is 11.5. The Morgan fingerprint density at radius 2 is 2.11 bits per heavy atom. The third kappa shape index (κ3) is 3.62. The van der Waals surface area contributed by atoms with Gasteiger partial charge in [0.05, 0.1) is 6.61 Å². The molecule has 1 aromatic carbocycles. The monoisotopic (exact) mass is 276 g/mol. The van der Waals surface area contributed by atoms with E-state index in [1.54, 1.807) is 11.0 Å². The lowest BCUT2D eigenvalue weighted by molar-refractivity contribution is 0.0703. The Hall–Kier alpha value is -1.72. The molecule has 100 valence electrons. The van der Waals surface area contributed by atoms with Crippen LogP contribution in [-0.2, 0) is 6.54 Å². The molecule has 5 heteroatoms. The molecule has 2 rings (SSSR count). The fraction of sp³-hybridized carbons (Fsp3) is 0.286. The number of benzene rings is 1. The van der Waals surface area contributed by atoms with E-state index >= 15 is 0 Å². The summed E-state index contributed by atoms with van der Waals surface area (Å²) in [7, 11) is 0. The van der Waals surface area contributed by atoms with Gasteiger partial charge in [0, 0.05) is 18.0 Å². The molecule has 0 aliphatic heterocycles. The fourth-order valence-electron chi connectivity index (χ4n) is 1.81. The van der Waals surface area contributed by atoms with Gasteiger partial charge in [0.1, 0.15) is 5.69 Å². The van der Waals surface area contributed by atoms with Crippen LogP contribution in [0.3, 0.4) is 0 Å². The highest BCUT2D eigenvalue weighted by atomic mass is 32.1. The van der Waals surface area contributed by atoms with Crippen molar-refractivity contribution in [2.45, 2.75) is 13.5 Å². The average Bonchev–Trinajstić information content (AvgIpc) is 2.85. The van der Waals surface area contributed by atoms with Crippen LogP contribution >= 0.6 is 11.5 Å². The van der Waals surface area contributed by atoms with Crippen molar-refractivity contribution in [2.75, 3.05) is 13.2 Å². The standard InChI is InChI=1S/C14H16N2O2S/c1-11-9-13(15-19-11)14(18)16(7-8-17)10-12-5-3-2-4-6-12/h2-6,9,17H,7-8,10H2,1H3. The van der Waals surface area contributed by atoms with E-state index in [0.717, 1.165) is 10.4 Å². The number of aryl methyl sites for hydroxylation is 1. The number of hydrogen-bond donors (Lipinski definition) is 1. The zero-order valence-corrected chi connectivity index (χ0v) is 11.6. The highest BCUT2D eigenvalue weighted by Crippen LogP contribution is 2.13. The lowest BCUT2D eigenvalue weighted by Crippen LogP contribution is -2.33. The number of carbonyl (C=O) groups excluding carboxylic acids is 1. The quantitative estimate of drug-likeness (QED) is 0.909. The summed E-state index contributed by atoms with van der Waals surface area (Å²) in [4.78, 5) is 14.9. The van der Waals surface area contributed by atoms with Gasteiger partial charge in [-0.1, -0.05) is 30.3 Å². The van der Waals surface area contributed by atoms with Crippen LogP contribution in [0.15, 0.2) is 36.4 Å². The molecule has 1 aromatic heterocycles. The van der Waals surface area contributed by atoms with Crippen molar-refractivity contribution in [3.05, 3.63) is 52.5 Å². The number of aliphatic hydroxyl groups is 1. The van der Waals surface area contributed by atoms with E-state index in [0.29, 0.717) is 18.8 Å². The van der Waals surface area contributed by atoms with E-state index in [4.69, 9.17) is 5.11 Å². The smallest absolute Gasteiger partial charge is 0.273 e. The predicted octanol–water partition coefficient (Wildman–Crippen LogP) is 2.09. The lowest BCUT2D eigenvalue weighted by Gasteiger charge is -2.20. The molecule has 0 saturated carbocycles. The molecule has 0 radical (unpaired) electrons. The Labute approximate surface area is 116 Å². The van der Waals surface area contributed by atoms with Crippen LogP contribution in [0.2, 0.25) is 0 Å². The molecule has 2 aromatic rings. The second-order valence-corrected chi connectivity index (χ2v) is 5.27. The minimum Gasteiger partial charge on any atom is -0.395 e.